The lowest BCUT2D eigenvalue weighted by molar-refractivity contribution is 0.154. The first-order chi connectivity index (χ1) is 9.13. The molecular formula is C15H25ClN2S. The highest BCUT2D eigenvalue weighted by Crippen LogP contribution is 2.35. The Balaban J connectivity index is 1.93. The fraction of sp³-hybridized carbons (Fsp3) is 0.733. The molecule has 1 aromatic heterocycles. The number of hydrogen-bond acceptors (Lipinski definition) is 3. The summed E-state index contributed by atoms with van der Waals surface area (Å²) >= 11 is 7.67. The number of thiophene rings is 1. The van der Waals surface area contributed by atoms with Crippen LogP contribution in [0.3, 0.4) is 0 Å². The Kier molecular flexibility index (Phi) is 5.70. The molecule has 1 aromatic rings. The van der Waals surface area contributed by atoms with E-state index in [1.54, 1.807) is 11.3 Å². The molecule has 0 radical (unpaired) electrons. The molecule has 1 aliphatic carbocycles. The van der Waals surface area contributed by atoms with Crippen molar-refractivity contribution in [2.45, 2.75) is 45.1 Å². The van der Waals surface area contributed by atoms with Crippen LogP contribution in [-0.4, -0.2) is 25.0 Å². The Morgan fingerprint density at radius 1 is 1.26 bits per heavy atom. The molecular weight excluding hydrogens is 276 g/mol. The highest BCUT2D eigenvalue weighted by atomic mass is 35.5. The Labute approximate surface area is 125 Å². The molecule has 19 heavy (non-hydrogen) atoms. The van der Waals surface area contributed by atoms with Gasteiger partial charge >= 0.3 is 0 Å². The predicted molar refractivity (Wildman–Crippen MR) is 84.9 cm³/mol. The van der Waals surface area contributed by atoms with E-state index in [0.717, 1.165) is 24.0 Å². The number of rotatable bonds is 5. The van der Waals surface area contributed by atoms with Crippen LogP contribution < -0.4 is 5.73 Å². The van der Waals surface area contributed by atoms with Gasteiger partial charge in [0.25, 0.3) is 0 Å². The molecule has 1 heterocycles. The molecule has 108 valence electrons. The molecule has 2 nitrogen and oxygen atoms in total. The summed E-state index contributed by atoms with van der Waals surface area (Å²) in [6.07, 6.45) is 8.03. The molecule has 2 rings (SSSR count). The molecule has 1 saturated carbocycles. The summed E-state index contributed by atoms with van der Waals surface area (Å²) in [6, 6.07) is 4.12. The molecule has 0 aliphatic heterocycles. The lowest BCUT2D eigenvalue weighted by Crippen LogP contribution is -2.40. The molecule has 0 atom stereocenters. The van der Waals surface area contributed by atoms with Gasteiger partial charge in [-0.2, -0.15) is 0 Å². The third-order valence-corrected chi connectivity index (χ3v) is 5.47. The van der Waals surface area contributed by atoms with Gasteiger partial charge < -0.3 is 10.6 Å². The molecule has 0 amide bonds. The highest BCUT2D eigenvalue weighted by Gasteiger charge is 2.30. The van der Waals surface area contributed by atoms with Crippen LogP contribution in [-0.2, 0) is 6.54 Å². The van der Waals surface area contributed by atoms with E-state index < -0.39 is 0 Å². The summed E-state index contributed by atoms with van der Waals surface area (Å²) in [6.45, 7) is 2.92. The van der Waals surface area contributed by atoms with Gasteiger partial charge in [0.15, 0.2) is 0 Å². The Hall–Kier alpha value is -0.0900. The zero-order valence-corrected chi connectivity index (χ0v) is 13.4. The largest absolute Gasteiger partial charge is 0.330 e. The second-order valence-corrected chi connectivity index (χ2v) is 7.80. The molecule has 1 aliphatic rings. The monoisotopic (exact) mass is 300 g/mol. The van der Waals surface area contributed by atoms with Crippen molar-refractivity contribution in [3.8, 4) is 0 Å². The van der Waals surface area contributed by atoms with Gasteiger partial charge in [-0.15, -0.1) is 11.3 Å². The van der Waals surface area contributed by atoms with E-state index >= 15 is 0 Å². The number of hydrogen-bond donors (Lipinski definition) is 1. The second kappa shape index (κ2) is 7.07. The molecule has 4 heteroatoms. The van der Waals surface area contributed by atoms with Crippen LogP contribution in [0.4, 0.5) is 0 Å². The lowest BCUT2D eigenvalue weighted by atomic mass is 9.80. The maximum atomic E-state index is 6.11. The van der Waals surface area contributed by atoms with Gasteiger partial charge in [0.05, 0.1) is 4.34 Å². The van der Waals surface area contributed by atoms with Gasteiger partial charge in [0, 0.05) is 18.0 Å². The number of halogens is 1. The van der Waals surface area contributed by atoms with Crippen molar-refractivity contribution >= 4 is 22.9 Å². The van der Waals surface area contributed by atoms with Crippen molar-refractivity contribution in [1.82, 2.24) is 4.90 Å². The van der Waals surface area contributed by atoms with Crippen molar-refractivity contribution in [1.29, 1.82) is 0 Å². The Morgan fingerprint density at radius 3 is 2.47 bits per heavy atom. The van der Waals surface area contributed by atoms with E-state index in [-0.39, 0.29) is 0 Å². The first-order valence-electron chi connectivity index (χ1n) is 7.26. The summed E-state index contributed by atoms with van der Waals surface area (Å²) in [4.78, 5) is 3.76. The normalized spacial score (nSPS) is 19.6. The van der Waals surface area contributed by atoms with Gasteiger partial charge in [-0.3, -0.25) is 0 Å². The van der Waals surface area contributed by atoms with Gasteiger partial charge in [0.2, 0.25) is 0 Å². The summed E-state index contributed by atoms with van der Waals surface area (Å²) < 4.78 is 0.881. The van der Waals surface area contributed by atoms with Crippen LogP contribution >= 0.6 is 22.9 Å². The number of nitrogens with zero attached hydrogens (tertiary/aromatic N) is 1. The number of nitrogens with two attached hydrogens (primary N) is 1. The fourth-order valence-electron chi connectivity index (χ4n) is 3.24. The standard InChI is InChI=1S/C15H25ClN2S/c1-18(10-13-6-7-14(16)19-13)12-15(11-17)8-4-2-3-5-9-15/h6-7H,2-5,8-12,17H2,1H3. The van der Waals surface area contributed by atoms with Gasteiger partial charge in [-0.1, -0.05) is 37.3 Å². The first-order valence-corrected chi connectivity index (χ1v) is 8.46. The van der Waals surface area contributed by atoms with E-state index in [0.29, 0.717) is 5.41 Å². The quantitative estimate of drug-likeness (QED) is 0.828. The molecule has 0 saturated heterocycles. The summed E-state index contributed by atoms with van der Waals surface area (Å²) in [7, 11) is 2.20. The zero-order chi connectivity index (χ0) is 13.7. The van der Waals surface area contributed by atoms with E-state index in [9.17, 15) is 0 Å². The van der Waals surface area contributed by atoms with Crippen LogP contribution in [0, 0.1) is 5.41 Å². The average molecular weight is 301 g/mol. The summed E-state index contributed by atoms with van der Waals surface area (Å²) in [5.74, 6) is 0. The maximum Gasteiger partial charge on any atom is 0.0931 e. The highest BCUT2D eigenvalue weighted by molar-refractivity contribution is 7.16. The molecule has 0 spiro atoms. The third-order valence-electron chi connectivity index (χ3n) is 4.26. The third kappa shape index (κ3) is 4.45. The predicted octanol–water partition coefficient (Wildman–Crippen LogP) is 4.13. The Morgan fingerprint density at radius 2 is 1.95 bits per heavy atom. The zero-order valence-electron chi connectivity index (χ0n) is 11.8. The van der Waals surface area contributed by atoms with Crippen molar-refractivity contribution in [3.05, 3.63) is 21.3 Å². The van der Waals surface area contributed by atoms with Crippen LogP contribution in [0.5, 0.6) is 0 Å². The molecule has 0 unspecified atom stereocenters. The molecule has 1 fully saturated rings. The van der Waals surface area contributed by atoms with Crippen molar-refractivity contribution < 1.29 is 0 Å². The second-order valence-electron chi connectivity index (χ2n) is 6.00. The van der Waals surface area contributed by atoms with Crippen molar-refractivity contribution in [3.63, 3.8) is 0 Å². The smallest absolute Gasteiger partial charge is 0.0931 e. The maximum absolute atomic E-state index is 6.11. The minimum atomic E-state index is 0.340. The van der Waals surface area contributed by atoms with Crippen LogP contribution in [0.1, 0.15) is 43.4 Å². The molecule has 2 N–H and O–H groups in total. The lowest BCUT2D eigenvalue weighted by Gasteiger charge is -2.35. The van der Waals surface area contributed by atoms with Crippen LogP contribution in [0.15, 0.2) is 12.1 Å². The Bertz CT molecular complexity index is 383. The van der Waals surface area contributed by atoms with Crippen LogP contribution in [0.25, 0.3) is 0 Å². The average Bonchev–Trinajstić information content (AvgIpc) is 2.65. The van der Waals surface area contributed by atoms with E-state index in [1.807, 2.05) is 6.07 Å². The van der Waals surface area contributed by atoms with Crippen molar-refractivity contribution in [2.24, 2.45) is 11.1 Å². The van der Waals surface area contributed by atoms with E-state index in [4.69, 9.17) is 17.3 Å². The summed E-state index contributed by atoms with van der Waals surface area (Å²) in [5, 5.41) is 0. The summed E-state index contributed by atoms with van der Waals surface area (Å²) in [5.41, 5.74) is 6.45. The topological polar surface area (TPSA) is 29.3 Å². The first kappa shape index (κ1) is 15.3. The SMILES string of the molecule is CN(Cc1ccc(Cl)s1)CC1(CN)CCCCCC1. The molecule has 0 bridgehead atoms. The minimum Gasteiger partial charge on any atom is -0.330 e. The van der Waals surface area contributed by atoms with Crippen molar-refractivity contribution in [2.75, 3.05) is 20.1 Å². The molecule has 0 aromatic carbocycles. The van der Waals surface area contributed by atoms with E-state index in [2.05, 4.69) is 18.0 Å². The van der Waals surface area contributed by atoms with E-state index in [1.165, 1.54) is 43.4 Å². The van der Waals surface area contributed by atoms with Gasteiger partial charge in [-0.05, 0) is 44.0 Å². The van der Waals surface area contributed by atoms with Crippen LogP contribution in [0.2, 0.25) is 4.34 Å². The van der Waals surface area contributed by atoms with Gasteiger partial charge in [-0.25, -0.2) is 0 Å². The van der Waals surface area contributed by atoms with Gasteiger partial charge in [0.1, 0.15) is 0 Å². The fourth-order valence-corrected chi connectivity index (χ4v) is 4.40. The minimum absolute atomic E-state index is 0.340.